The Bertz CT molecular complexity index is 672. The first kappa shape index (κ1) is 14.4. The Balaban J connectivity index is 1.54. The molecule has 6 nitrogen and oxygen atoms in total. The minimum atomic E-state index is -0.203. The number of carbonyl (C=O) groups is 1. The van der Waals surface area contributed by atoms with Gasteiger partial charge in [-0.2, -0.15) is 0 Å². The Morgan fingerprint density at radius 3 is 3.05 bits per heavy atom. The van der Waals surface area contributed by atoms with Crippen LogP contribution >= 0.6 is 27.7 Å². The van der Waals surface area contributed by atoms with Crippen molar-refractivity contribution < 1.29 is 9.21 Å². The Hall–Kier alpha value is -1.54. The third-order valence-corrected chi connectivity index (χ3v) is 4.51. The second kappa shape index (κ2) is 6.07. The molecule has 3 N–H and O–H groups in total. The molecule has 3 rings (SSSR count). The molecule has 8 heteroatoms. The summed E-state index contributed by atoms with van der Waals surface area (Å²) in [6, 6.07) is 5.69. The van der Waals surface area contributed by atoms with Crippen LogP contribution in [0.25, 0.3) is 0 Å². The second-order valence-electron chi connectivity index (χ2n) is 4.74. The minimum Gasteiger partial charge on any atom is -0.408 e. The number of halogens is 1. The highest BCUT2D eigenvalue weighted by atomic mass is 79.9. The molecule has 1 heterocycles. The van der Waals surface area contributed by atoms with Crippen LogP contribution in [0, 0.1) is 0 Å². The van der Waals surface area contributed by atoms with Crippen LogP contribution in [-0.4, -0.2) is 21.9 Å². The average Bonchev–Trinajstić information content (AvgIpc) is 3.21. The van der Waals surface area contributed by atoms with Crippen LogP contribution in [0.5, 0.6) is 0 Å². The van der Waals surface area contributed by atoms with Crippen LogP contribution in [0.15, 0.2) is 32.0 Å². The molecule has 0 bridgehead atoms. The van der Waals surface area contributed by atoms with Gasteiger partial charge in [0.1, 0.15) is 0 Å². The monoisotopic (exact) mass is 368 g/mol. The Kier molecular flexibility index (Phi) is 4.16. The highest BCUT2D eigenvalue weighted by molar-refractivity contribution is 9.10. The molecule has 1 aromatic carbocycles. The molecule has 110 valence electrons. The first-order valence-electron chi connectivity index (χ1n) is 6.43. The third kappa shape index (κ3) is 3.76. The van der Waals surface area contributed by atoms with E-state index in [0.29, 0.717) is 17.5 Å². The van der Waals surface area contributed by atoms with Gasteiger partial charge in [0, 0.05) is 21.0 Å². The third-order valence-electron chi connectivity index (χ3n) is 2.95. The van der Waals surface area contributed by atoms with Gasteiger partial charge in [-0.15, -0.1) is 16.9 Å². The van der Waals surface area contributed by atoms with Crippen LogP contribution in [0.4, 0.5) is 11.7 Å². The molecule has 0 spiro atoms. The van der Waals surface area contributed by atoms with Crippen molar-refractivity contribution >= 4 is 45.3 Å². The molecule has 1 aliphatic carbocycles. The number of thioether (sulfide) groups is 1. The van der Waals surface area contributed by atoms with Gasteiger partial charge in [-0.25, -0.2) is 0 Å². The van der Waals surface area contributed by atoms with Gasteiger partial charge in [0.25, 0.3) is 0 Å². The van der Waals surface area contributed by atoms with Crippen molar-refractivity contribution in [2.75, 3.05) is 16.8 Å². The van der Waals surface area contributed by atoms with Gasteiger partial charge >= 0.3 is 6.01 Å². The summed E-state index contributed by atoms with van der Waals surface area (Å²) >= 11 is 4.73. The van der Waals surface area contributed by atoms with E-state index in [1.807, 2.05) is 12.1 Å². The lowest BCUT2D eigenvalue weighted by atomic mass is 10.3. The summed E-state index contributed by atoms with van der Waals surface area (Å²) in [5.41, 5.74) is 6.50. The van der Waals surface area contributed by atoms with Gasteiger partial charge in [-0.05, 0) is 31.0 Å². The summed E-state index contributed by atoms with van der Waals surface area (Å²) in [5, 5.41) is 10.3. The number of hydrogen-bond acceptors (Lipinski definition) is 6. The smallest absolute Gasteiger partial charge is 0.322 e. The number of amides is 1. The molecule has 1 saturated carbocycles. The first-order valence-corrected chi connectivity index (χ1v) is 8.21. The van der Waals surface area contributed by atoms with E-state index in [1.165, 1.54) is 11.8 Å². The fourth-order valence-electron chi connectivity index (χ4n) is 1.71. The molecule has 0 saturated heterocycles. The maximum Gasteiger partial charge on any atom is 0.322 e. The number of nitrogen functional groups attached to an aromatic ring is 1. The predicted octanol–water partition coefficient (Wildman–Crippen LogP) is 3.02. The quantitative estimate of drug-likeness (QED) is 0.622. The topological polar surface area (TPSA) is 94.0 Å². The summed E-state index contributed by atoms with van der Waals surface area (Å²) in [5.74, 6) is 1.00. The molecular weight excluding hydrogens is 356 g/mol. The molecule has 1 fully saturated rings. The molecule has 1 aromatic heterocycles. The summed E-state index contributed by atoms with van der Waals surface area (Å²) in [6.45, 7) is 0. The highest BCUT2D eigenvalue weighted by Crippen LogP contribution is 2.39. The SMILES string of the molecule is Nc1ccc(Br)cc1SCC(=O)Nc1nnc(C2CC2)o1. The van der Waals surface area contributed by atoms with Crippen molar-refractivity contribution in [3.8, 4) is 0 Å². The zero-order valence-electron chi connectivity index (χ0n) is 11.0. The van der Waals surface area contributed by atoms with Crippen LogP contribution in [-0.2, 0) is 4.79 Å². The van der Waals surface area contributed by atoms with Crippen LogP contribution < -0.4 is 11.1 Å². The van der Waals surface area contributed by atoms with Crippen LogP contribution in [0.2, 0.25) is 0 Å². The van der Waals surface area contributed by atoms with Crippen molar-refractivity contribution in [3.63, 3.8) is 0 Å². The summed E-state index contributed by atoms with van der Waals surface area (Å²) in [6.07, 6.45) is 2.15. The fraction of sp³-hybridized carbons (Fsp3) is 0.308. The first-order chi connectivity index (χ1) is 10.1. The molecule has 2 aromatic rings. The van der Waals surface area contributed by atoms with Gasteiger partial charge in [0.15, 0.2) is 0 Å². The van der Waals surface area contributed by atoms with Crippen LogP contribution in [0.1, 0.15) is 24.7 Å². The van der Waals surface area contributed by atoms with Crippen molar-refractivity contribution in [1.29, 1.82) is 0 Å². The molecule has 0 aliphatic heterocycles. The maximum absolute atomic E-state index is 11.9. The van der Waals surface area contributed by atoms with E-state index < -0.39 is 0 Å². The number of nitrogens with one attached hydrogen (secondary N) is 1. The standard InChI is InChI=1S/C13H13BrN4O2S/c14-8-3-4-9(15)10(5-8)21-6-11(19)16-13-18-17-12(20-13)7-1-2-7/h3-5,7H,1-2,6,15H2,(H,16,18,19). The lowest BCUT2D eigenvalue weighted by Crippen LogP contribution is -2.14. The summed E-state index contributed by atoms with van der Waals surface area (Å²) in [4.78, 5) is 12.7. The van der Waals surface area contributed by atoms with Crippen molar-refractivity contribution in [1.82, 2.24) is 10.2 Å². The van der Waals surface area contributed by atoms with Crippen molar-refractivity contribution in [2.24, 2.45) is 0 Å². The molecule has 0 atom stereocenters. The maximum atomic E-state index is 11.9. The van der Waals surface area contributed by atoms with E-state index >= 15 is 0 Å². The number of aromatic nitrogens is 2. The highest BCUT2D eigenvalue weighted by Gasteiger charge is 2.29. The van der Waals surface area contributed by atoms with E-state index in [1.54, 1.807) is 6.07 Å². The number of hydrogen-bond donors (Lipinski definition) is 2. The number of anilines is 2. The largest absolute Gasteiger partial charge is 0.408 e. The number of nitrogens with two attached hydrogens (primary N) is 1. The van der Waals surface area contributed by atoms with Gasteiger partial charge in [-0.3, -0.25) is 10.1 Å². The Morgan fingerprint density at radius 1 is 1.48 bits per heavy atom. The van der Waals surface area contributed by atoms with E-state index in [2.05, 4.69) is 31.4 Å². The van der Waals surface area contributed by atoms with E-state index in [9.17, 15) is 4.79 Å². The molecule has 0 radical (unpaired) electrons. The minimum absolute atomic E-state index is 0.157. The van der Waals surface area contributed by atoms with E-state index in [-0.39, 0.29) is 17.7 Å². The van der Waals surface area contributed by atoms with Crippen LogP contribution in [0.3, 0.4) is 0 Å². The molecule has 1 aliphatic rings. The molecular formula is C13H13BrN4O2S. The number of nitrogens with zero attached hydrogens (tertiary/aromatic N) is 2. The lowest BCUT2D eigenvalue weighted by molar-refractivity contribution is -0.113. The second-order valence-corrected chi connectivity index (χ2v) is 6.67. The zero-order valence-corrected chi connectivity index (χ0v) is 13.4. The predicted molar refractivity (Wildman–Crippen MR) is 84.2 cm³/mol. The zero-order chi connectivity index (χ0) is 14.8. The Morgan fingerprint density at radius 2 is 2.29 bits per heavy atom. The normalized spacial score (nSPS) is 14.1. The van der Waals surface area contributed by atoms with Gasteiger partial charge < -0.3 is 10.2 Å². The number of rotatable bonds is 5. The van der Waals surface area contributed by atoms with Gasteiger partial charge in [0.2, 0.25) is 11.8 Å². The summed E-state index contributed by atoms with van der Waals surface area (Å²) < 4.78 is 6.30. The number of benzene rings is 1. The molecule has 1 amide bonds. The average molecular weight is 369 g/mol. The van der Waals surface area contributed by atoms with Crippen molar-refractivity contribution in [3.05, 3.63) is 28.6 Å². The van der Waals surface area contributed by atoms with Gasteiger partial charge in [-0.1, -0.05) is 21.0 Å². The van der Waals surface area contributed by atoms with Crippen molar-refractivity contribution in [2.45, 2.75) is 23.7 Å². The van der Waals surface area contributed by atoms with Gasteiger partial charge in [0.05, 0.1) is 5.75 Å². The fourth-order valence-corrected chi connectivity index (χ4v) is 3.03. The molecule has 0 unspecified atom stereocenters. The summed E-state index contributed by atoms with van der Waals surface area (Å²) in [7, 11) is 0. The lowest BCUT2D eigenvalue weighted by Gasteiger charge is -2.05. The van der Waals surface area contributed by atoms with E-state index in [4.69, 9.17) is 10.2 Å². The number of carbonyl (C=O) groups excluding carboxylic acids is 1. The Labute approximate surface area is 134 Å². The van der Waals surface area contributed by atoms with E-state index in [0.717, 1.165) is 22.2 Å². The molecule has 21 heavy (non-hydrogen) atoms.